The number of rotatable bonds is 3. The highest BCUT2D eigenvalue weighted by molar-refractivity contribution is 5.99. The average molecular weight is 314 g/mol. The molecule has 0 saturated heterocycles. The first-order chi connectivity index (χ1) is 11.0. The number of carbonyl (C=O) groups excluding carboxylic acids is 2. The normalized spacial score (nSPS) is 10.9. The Morgan fingerprint density at radius 2 is 2.13 bits per heavy atom. The minimum atomic E-state index is -0.555. The van der Waals surface area contributed by atoms with Crippen molar-refractivity contribution in [2.24, 2.45) is 7.05 Å². The Balaban J connectivity index is 2.09. The molecule has 0 radical (unpaired) electrons. The first-order valence-electron chi connectivity index (χ1n) is 6.84. The number of ether oxygens (including phenoxy) is 1. The average Bonchev–Trinajstić information content (AvgIpc) is 2.90. The second-order valence-electron chi connectivity index (χ2n) is 4.93. The molecular weight excluding hydrogens is 300 g/mol. The van der Waals surface area contributed by atoms with Crippen LogP contribution in [0.15, 0.2) is 35.3 Å². The van der Waals surface area contributed by atoms with Crippen molar-refractivity contribution in [3.05, 3.63) is 46.5 Å². The second-order valence-corrected chi connectivity index (χ2v) is 4.93. The molecular formula is C15H14N4O4. The third-order valence-electron chi connectivity index (χ3n) is 3.56. The van der Waals surface area contributed by atoms with Crippen LogP contribution in [0.25, 0.3) is 16.7 Å². The molecule has 0 aliphatic heterocycles. The first kappa shape index (κ1) is 14.8. The molecule has 0 bridgehead atoms. The number of nitrogens with zero attached hydrogens (tertiary/aromatic N) is 3. The number of nitrogens with one attached hydrogen (secondary N) is 1. The van der Waals surface area contributed by atoms with Gasteiger partial charge in [-0.1, -0.05) is 6.07 Å². The van der Waals surface area contributed by atoms with Crippen LogP contribution in [0.3, 0.4) is 0 Å². The Morgan fingerprint density at radius 3 is 2.87 bits per heavy atom. The van der Waals surface area contributed by atoms with Crippen LogP contribution in [0.2, 0.25) is 0 Å². The van der Waals surface area contributed by atoms with E-state index in [1.165, 1.54) is 22.1 Å². The fourth-order valence-electron chi connectivity index (χ4n) is 2.35. The van der Waals surface area contributed by atoms with Crippen LogP contribution in [-0.2, 0) is 16.6 Å². The van der Waals surface area contributed by atoms with Gasteiger partial charge in [0.15, 0.2) is 0 Å². The summed E-state index contributed by atoms with van der Waals surface area (Å²) in [4.78, 5) is 40.2. The predicted molar refractivity (Wildman–Crippen MR) is 82.3 cm³/mol. The molecule has 0 aromatic carbocycles. The van der Waals surface area contributed by atoms with E-state index in [1.54, 1.807) is 31.4 Å². The van der Waals surface area contributed by atoms with Crippen LogP contribution in [-0.4, -0.2) is 39.5 Å². The lowest BCUT2D eigenvalue weighted by Gasteiger charge is -2.05. The molecule has 1 N–H and O–H groups in total. The van der Waals surface area contributed by atoms with E-state index in [0.717, 1.165) is 0 Å². The van der Waals surface area contributed by atoms with Gasteiger partial charge in [0.05, 0.1) is 12.5 Å². The summed E-state index contributed by atoms with van der Waals surface area (Å²) in [6.07, 6.45) is 1.62. The number of esters is 1. The molecule has 0 aliphatic carbocycles. The molecule has 0 fully saturated rings. The molecule has 3 heterocycles. The number of hydrogen-bond donors (Lipinski definition) is 1. The quantitative estimate of drug-likeness (QED) is 0.691. The summed E-state index contributed by atoms with van der Waals surface area (Å²) in [6.45, 7) is -0.245. The molecule has 8 nitrogen and oxygen atoms in total. The van der Waals surface area contributed by atoms with Crippen molar-refractivity contribution in [2.45, 2.75) is 0 Å². The van der Waals surface area contributed by atoms with Crippen molar-refractivity contribution in [3.63, 3.8) is 0 Å². The van der Waals surface area contributed by atoms with Crippen molar-refractivity contribution < 1.29 is 14.3 Å². The predicted octanol–water partition coefficient (Wildman–Crippen LogP) is 0.0890. The Labute approximate surface area is 130 Å². The Morgan fingerprint density at radius 1 is 1.35 bits per heavy atom. The van der Waals surface area contributed by atoms with Gasteiger partial charge in [-0.3, -0.25) is 18.8 Å². The van der Waals surface area contributed by atoms with Crippen molar-refractivity contribution in [1.82, 2.24) is 19.3 Å². The molecule has 3 aromatic rings. The van der Waals surface area contributed by atoms with Crippen LogP contribution in [0.1, 0.15) is 10.5 Å². The highest BCUT2D eigenvalue weighted by Gasteiger charge is 2.18. The zero-order chi connectivity index (χ0) is 16.6. The molecule has 8 heteroatoms. The third kappa shape index (κ3) is 2.44. The third-order valence-corrected chi connectivity index (χ3v) is 3.56. The summed E-state index contributed by atoms with van der Waals surface area (Å²) in [5.41, 5.74) is 0.884. The number of methoxy groups -OCH3 is 1. The van der Waals surface area contributed by atoms with E-state index in [0.29, 0.717) is 16.7 Å². The molecule has 0 atom stereocenters. The number of amides is 1. The topological polar surface area (TPSA) is 94.7 Å². The van der Waals surface area contributed by atoms with Crippen LogP contribution >= 0.6 is 0 Å². The van der Waals surface area contributed by atoms with Crippen LogP contribution < -0.4 is 10.9 Å². The summed E-state index contributed by atoms with van der Waals surface area (Å²) in [5, 5.41) is 2.77. The number of aryl methyl sites for hydroxylation is 1. The fourth-order valence-corrected chi connectivity index (χ4v) is 2.35. The highest BCUT2D eigenvalue weighted by Crippen LogP contribution is 2.14. The lowest BCUT2D eigenvalue weighted by atomic mass is 10.3. The van der Waals surface area contributed by atoms with Gasteiger partial charge >= 0.3 is 5.97 Å². The van der Waals surface area contributed by atoms with E-state index in [1.807, 2.05) is 0 Å². The second kappa shape index (κ2) is 5.56. The van der Waals surface area contributed by atoms with E-state index < -0.39 is 11.9 Å². The van der Waals surface area contributed by atoms with Gasteiger partial charge in [-0.25, -0.2) is 4.98 Å². The molecule has 0 unspecified atom stereocenters. The van der Waals surface area contributed by atoms with E-state index in [-0.39, 0.29) is 17.8 Å². The van der Waals surface area contributed by atoms with Gasteiger partial charge in [-0.05, 0) is 18.2 Å². The molecule has 1 amide bonds. The van der Waals surface area contributed by atoms with E-state index in [9.17, 15) is 14.4 Å². The highest BCUT2D eigenvalue weighted by atomic mass is 16.5. The summed E-state index contributed by atoms with van der Waals surface area (Å²) in [6, 6.07) is 6.69. The standard InChI is InChI=1S/C15H14N4O4/c1-18-10(14(21)16-8-12(20)23-2)7-9-13(18)17-11-5-3-4-6-19(11)15(9)22/h3-7H,8H2,1-2H3,(H,16,21). The smallest absolute Gasteiger partial charge is 0.325 e. The Hall–Kier alpha value is -3.16. The number of aromatic nitrogens is 3. The zero-order valence-electron chi connectivity index (χ0n) is 12.6. The number of pyridine rings is 1. The Kier molecular flexibility index (Phi) is 3.57. The summed E-state index contributed by atoms with van der Waals surface area (Å²) in [5.74, 6) is -1.04. The summed E-state index contributed by atoms with van der Waals surface area (Å²) < 4.78 is 7.41. The molecule has 3 aromatic heterocycles. The number of hydrogen-bond acceptors (Lipinski definition) is 5. The molecule has 0 aliphatic rings. The van der Waals surface area contributed by atoms with Gasteiger partial charge in [0.25, 0.3) is 11.5 Å². The van der Waals surface area contributed by atoms with Gasteiger partial charge in [0.1, 0.15) is 23.5 Å². The number of carbonyl (C=O) groups is 2. The van der Waals surface area contributed by atoms with Crippen molar-refractivity contribution in [2.75, 3.05) is 13.7 Å². The Bertz CT molecular complexity index is 986. The lowest BCUT2D eigenvalue weighted by Crippen LogP contribution is -2.31. The first-order valence-corrected chi connectivity index (χ1v) is 6.84. The van der Waals surface area contributed by atoms with Crippen LogP contribution in [0.5, 0.6) is 0 Å². The molecule has 23 heavy (non-hydrogen) atoms. The van der Waals surface area contributed by atoms with Crippen molar-refractivity contribution in [1.29, 1.82) is 0 Å². The fraction of sp³-hybridized carbons (Fsp3) is 0.200. The molecule has 3 rings (SSSR count). The van der Waals surface area contributed by atoms with Crippen LogP contribution in [0, 0.1) is 0 Å². The molecule has 0 spiro atoms. The molecule has 118 valence electrons. The summed E-state index contributed by atoms with van der Waals surface area (Å²) >= 11 is 0. The minimum Gasteiger partial charge on any atom is -0.468 e. The summed E-state index contributed by atoms with van der Waals surface area (Å²) in [7, 11) is 2.88. The van der Waals surface area contributed by atoms with Gasteiger partial charge in [0.2, 0.25) is 0 Å². The largest absolute Gasteiger partial charge is 0.468 e. The van der Waals surface area contributed by atoms with Gasteiger partial charge in [-0.15, -0.1) is 0 Å². The maximum Gasteiger partial charge on any atom is 0.325 e. The van der Waals surface area contributed by atoms with Crippen LogP contribution in [0.4, 0.5) is 0 Å². The van der Waals surface area contributed by atoms with Gasteiger partial charge in [-0.2, -0.15) is 0 Å². The van der Waals surface area contributed by atoms with Gasteiger partial charge < -0.3 is 14.6 Å². The molecule has 0 saturated carbocycles. The van der Waals surface area contributed by atoms with E-state index >= 15 is 0 Å². The SMILES string of the molecule is COC(=O)CNC(=O)c1cc2c(=O)n3ccccc3nc2n1C. The maximum atomic E-state index is 12.5. The zero-order valence-corrected chi connectivity index (χ0v) is 12.6. The van der Waals surface area contributed by atoms with E-state index in [2.05, 4.69) is 15.0 Å². The van der Waals surface area contributed by atoms with Gasteiger partial charge in [0, 0.05) is 13.2 Å². The number of fused-ring (bicyclic) bond motifs is 2. The lowest BCUT2D eigenvalue weighted by molar-refractivity contribution is -0.139. The van der Waals surface area contributed by atoms with Crippen molar-refractivity contribution in [3.8, 4) is 0 Å². The van der Waals surface area contributed by atoms with E-state index in [4.69, 9.17) is 0 Å². The maximum absolute atomic E-state index is 12.5. The monoisotopic (exact) mass is 314 g/mol. The minimum absolute atomic E-state index is 0.240. The van der Waals surface area contributed by atoms with Crippen molar-refractivity contribution >= 4 is 28.6 Å².